The van der Waals surface area contributed by atoms with Gasteiger partial charge < -0.3 is 0 Å². The van der Waals surface area contributed by atoms with Gasteiger partial charge in [-0.3, -0.25) is 0 Å². The minimum absolute atomic E-state index is 0.0556. The summed E-state index contributed by atoms with van der Waals surface area (Å²) in [4.78, 5) is 19.9. The van der Waals surface area contributed by atoms with Crippen molar-refractivity contribution >= 4 is 0 Å². The summed E-state index contributed by atoms with van der Waals surface area (Å²) in [5.41, 5.74) is 0. The second kappa shape index (κ2) is 1.84. The zero-order valence-corrected chi connectivity index (χ0v) is 5.15. The van der Waals surface area contributed by atoms with Gasteiger partial charge in [0.15, 0.2) is 10.6 Å². The van der Waals surface area contributed by atoms with E-state index in [0.29, 0.717) is 0 Å². The van der Waals surface area contributed by atoms with Crippen molar-refractivity contribution in [2.45, 2.75) is 18.9 Å². The molecule has 0 amide bonds. The van der Waals surface area contributed by atoms with E-state index in [9.17, 15) is 9.81 Å². The normalized spacial score (nSPS) is 19.2. The predicted octanol–water partition coefficient (Wildman–Crippen LogP) is 0.958. The highest BCUT2D eigenvalue weighted by Gasteiger charge is 2.46. The maximum absolute atomic E-state index is 9.97. The van der Waals surface area contributed by atoms with E-state index in [2.05, 4.69) is 10.6 Å². The molecule has 0 aromatic heterocycles. The Labute approximate surface area is 52.1 Å². The van der Waals surface area contributed by atoms with Crippen molar-refractivity contribution in [3.8, 4) is 0 Å². The summed E-state index contributed by atoms with van der Waals surface area (Å²) in [5, 5.41) is 5.22. The molecule has 0 spiro atoms. The highest BCUT2D eigenvalue weighted by atomic mass is 16.4. The molecule has 0 aromatic rings. The van der Waals surface area contributed by atoms with Crippen LogP contribution in [0.3, 0.4) is 0 Å². The summed E-state index contributed by atoms with van der Waals surface area (Å²) < 4.78 is -0.556. The molecule has 1 saturated carbocycles. The Morgan fingerprint density at radius 3 is 1.89 bits per heavy atom. The summed E-state index contributed by atoms with van der Waals surface area (Å²) in [5.74, 6) is 0. The first-order chi connectivity index (χ1) is 4.23. The fourth-order valence-corrected chi connectivity index (χ4v) is 0.712. The van der Waals surface area contributed by atoms with Gasteiger partial charge in [0.25, 0.3) is 0 Å². The summed E-state index contributed by atoms with van der Waals surface area (Å²) in [7, 11) is 1.41. The molecular weight excluding hydrogens is 122 g/mol. The van der Waals surface area contributed by atoms with Gasteiger partial charge in [0.2, 0.25) is 0 Å². The van der Waals surface area contributed by atoms with Crippen LogP contribution in [0.4, 0.5) is 0 Å². The molecule has 5 nitrogen and oxygen atoms in total. The smallest absolute Gasteiger partial charge is 0.0882 e. The van der Waals surface area contributed by atoms with E-state index in [-0.39, 0.29) is 6.04 Å². The molecule has 0 aliphatic heterocycles. The third-order valence-corrected chi connectivity index (χ3v) is 1.57. The van der Waals surface area contributed by atoms with E-state index in [4.69, 9.17) is 0 Å². The van der Waals surface area contributed by atoms with Gasteiger partial charge in [-0.1, -0.05) is 9.81 Å². The topological polar surface area (TPSA) is 58.9 Å². The van der Waals surface area contributed by atoms with Crippen LogP contribution in [0.1, 0.15) is 12.8 Å². The van der Waals surface area contributed by atoms with Crippen molar-refractivity contribution in [3.05, 3.63) is 9.81 Å². The van der Waals surface area contributed by atoms with E-state index >= 15 is 0 Å². The van der Waals surface area contributed by atoms with Crippen LogP contribution in [-0.4, -0.2) is 17.8 Å². The third-order valence-electron chi connectivity index (χ3n) is 1.57. The molecule has 1 aliphatic rings. The van der Waals surface area contributed by atoms with Crippen molar-refractivity contribution in [3.63, 3.8) is 0 Å². The van der Waals surface area contributed by atoms with E-state index in [1.807, 2.05) is 0 Å². The van der Waals surface area contributed by atoms with Gasteiger partial charge in [-0.2, -0.15) is 0 Å². The molecular formula is C4H8N3O2+. The van der Waals surface area contributed by atoms with Gasteiger partial charge in [-0.05, 0) is 4.70 Å². The lowest BCUT2D eigenvalue weighted by Crippen LogP contribution is -2.33. The first-order valence-corrected chi connectivity index (χ1v) is 2.79. The van der Waals surface area contributed by atoms with E-state index in [1.165, 1.54) is 7.05 Å². The molecule has 0 N–H and O–H groups in total. The summed E-state index contributed by atoms with van der Waals surface area (Å²) in [6, 6.07) is 0.0556. The van der Waals surface area contributed by atoms with Crippen molar-refractivity contribution in [1.29, 1.82) is 0 Å². The van der Waals surface area contributed by atoms with E-state index < -0.39 is 4.70 Å². The van der Waals surface area contributed by atoms with Crippen LogP contribution in [0.2, 0.25) is 0 Å². The summed E-state index contributed by atoms with van der Waals surface area (Å²) in [6.07, 6.45) is 1.77. The number of rotatable bonds is 3. The van der Waals surface area contributed by atoms with Crippen molar-refractivity contribution in [2.75, 3.05) is 7.05 Å². The Bertz CT molecular complexity index is 135. The molecule has 0 heterocycles. The summed E-state index contributed by atoms with van der Waals surface area (Å²) >= 11 is 0. The molecule has 9 heavy (non-hydrogen) atoms. The van der Waals surface area contributed by atoms with E-state index in [1.54, 1.807) is 0 Å². The molecule has 0 saturated heterocycles. The zero-order valence-electron chi connectivity index (χ0n) is 5.15. The average molecular weight is 130 g/mol. The monoisotopic (exact) mass is 130 g/mol. The largest absolute Gasteiger partial charge is 0.185 e. The van der Waals surface area contributed by atoms with Crippen molar-refractivity contribution in [2.24, 2.45) is 10.6 Å². The molecule has 0 bridgehead atoms. The fraction of sp³-hybridized carbons (Fsp3) is 1.00. The van der Waals surface area contributed by atoms with Crippen LogP contribution in [0.5, 0.6) is 0 Å². The molecule has 0 radical (unpaired) electrons. The minimum atomic E-state index is -0.556. The van der Waals surface area contributed by atoms with Gasteiger partial charge in [0, 0.05) is 12.8 Å². The third kappa shape index (κ3) is 0.951. The van der Waals surface area contributed by atoms with Gasteiger partial charge in [-0.15, -0.1) is 0 Å². The number of nitroso groups, excluding NO2 is 2. The Morgan fingerprint density at radius 2 is 1.78 bits per heavy atom. The van der Waals surface area contributed by atoms with Gasteiger partial charge >= 0.3 is 0 Å². The quantitative estimate of drug-likeness (QED) is 0.324. The zero-order chi connectivity index (χ0) is 6.91. The SMILES string of the molecule is C[N+](N=O)(N=O)C1CC1. The second-order valence-corrected chi connectivity index (χ2v) is 2.37. The number of hydrogen-bond acceptors (Lipinski definition) is 4. The number of hydrogen-bond donors (Lipinski definition) is 0. The minimum Gasteiger partial charge on any atom is -0.0882 e. The van der Waals surface area contributed by atoms with Gasteiger partial charge in [-0.25, -0.2) is 0 Å². The van der Waals surface area contributed by atoms with Crippen LogP contribution < -0.4 is 0 Å². The lowest BCUT2D eigenvalue weighted by molar-refractivity contribution is -0.936. The van der Waals surface area contributed by atoms with Crippen LogP contribution >= 0.6 is 0 Å². The standard InChI is InChI=1S/C4H8N3O2/c1-7(5-8,6-9)4-2-3-4/h4H,2-3H2,1H3/q+1. The Hall–Kier alpha value is -0.840. The molecule has 5 heteroatoms. The highest BCUT2D eigenvalue weighted by molar-refractivity contribution is 4.72. The first-order valence-electron chi connectivity index (χ1n) is 2.79. The Balaban J connectivity index is 2.63. The lowest BCUT2D eigenvalue weighted by atomic mass is 10.7. The Morgan fingerprint density at radius 1 is 1.33 bits per heavy atom. The average Bonchev–Trinajstić information content (AvgIpc) is 2.68. The maximum atomic E-state index is 9.97. The van der Waals surface area contributed by atoms with E-state index in [0.717, 1.165) is 12.8 Å². The van der Waals surface area contributed by atoms with Crippen LogP contribution in [0, 0.1) is 9.81 Å². The maximum Gasteiger partial charge on any atom is 0.185 e. The molecule has 0 atom stereocenters. The molecule has 0 unspecified atom stereocenters. The van der Waals surface area contributed by atoms with Gasteiger partial charge in [0.1, 0.15) is 13.1 Å². The molecule has 0 aromatic carbocycles. The molecule has 1 rings (SSSR count). The lowest BCUT2D eigenvalue weighted by Gasteiger charge is -2.08. The van der Waals surface area contributed by atoms with Crippen LogP contribution in [-0.2, 0) is 0 Å². The predicted molar refractivity (Wildman–Crippen MR) is 30.8 cm³/mol. The Kier molecular flexibility index (Phi) is 1.28. The first kappa shape index (κ1) is 6.28. The van der Waals surface area contributed by atoms with Crippen molar-refractivity contribution in [1.82, 2.24) is 0 Å². The van der Waals surface area contributed by atoms with Crippen LogP contribution in [0.15, 0.2) is 10.6 Å². The molecule has 1 fully saturated rings. The van der Waals surface area contributed by atoms with Gasteiger partial charge in [0.05, 0.1) is 0 Å². The fourth-order valence-electron chi connectivity index (χ4n) is 0.712. The summed E-state index contributed by atoms with van der Waals surface area (Å²) in [6.45, 7) is 0. The molecule has 50 valence electrons. The number of nitrogens with zero attached hydrogens (tertiary/aromatic N) is 3. The molecule has 1 aliphatic carbocycles. The second-order valence-electron chi connectivity index (χ2n) is 2.37. The number of quaternary nitrogens is 1. The van der Waals surface area contributed by atoms with Crippen molar-refractivity contribution < 1.29 is 4.70 Å². The van der Waals surface area contributed by atoms with Crippen LogP contribution in [0.25, 0.3) is 0 Å². The highest BCUT2D eigenvalue weighted by Crippen LogP contribution is 2.32.